The predicted molar refractivity (Wildman–Crippen MR) is 52.4 cm³/mol. The number of carbonyl (C=O) groups is 1. The molecule has 3 heteroatoms. The lowest BCUT2D eigenvalue weighted by atomic mass is 10.1. The minimum atomic E-state index is -0.370. The van der Waals surface area contributed by atoms with Gasteiger partial charge in [0, 0.05) is 13.1 Å². The van der Waals surface area contributed by atoms with E-state index in [-0.39, 0.29) is 17.2 Å². The predicted octanol–water partition coefficient (Wildman–Crippen LogP) is 2.12. The molecule has 0 saturated carbocycles. The first-order valence-corrected chi connectivity index (χ1v) is 4.91. The molecule has 12 heavy (non-hydrogen) atoms. The van der Waals surface area contributed by atoms with Gasteiger partial charge < -0.3 is 4.90 Å². The highest BCUT2D eigenvalue weighted by atomic mass is 35.5. The maximum absolute atomic E-state index is 11.5. The van der Waals surface area contributed by atoms with Crippen LogP contribution in [0.25, 0.3) is 0 Å². The highest BCUT2D eigenvalue weighted by Crippen LogP contribution is 2.12. The minimum absolute atomic E-state index is 0.0525. The van der Waals surface area contributed by atoms with Gasteiger partial charge in [0.25, 0.3) is 0 Å². The second kappa shape index (κ2) is 5.41. The lowest BCUT2D eigenvalue weighted by Gasteiger charge is -2.23. The zero-order chi connectivity index (χ0) is 9.72. The minimum Gasteiger partial charge on any atom is -0.342 e. The Kier molecular flexibility index (Phi) is 5.31. The summed E-state index contributed by atoms with van der Waals surface area (Å²) in [6.45, 7) is 9.32. The van der Waals surface area contributed by atoms with Crippen LogP contribution in [0.5, 0.6) is 0 Å². The molecule has 0 saturated heterocycles. The van der Waals surface area contributed by atoms with Crippen molar-refractivity contribution in [3.63, 3.8) is 0 Å². The molecular weight excluding hydrogens is 174 g/mol. The molecule has 72 valence electrons. The van der Waals surface area contributed by atoms with Crippen LogP contribution in [0.4, 0.5) is 0 Å². The Morgan fingerprint density at radius 3 is 2.00 bits per heavy atom. The van der Waals surface area contributed by atoms with Crippen LogP contribution < -0.4 is 0 Å². The SMILES string of the molecule is CCN(CC)C(=O)C(Cl)C(C)C. The standard InChI is InChI=1S/C9H18ClNO/c1-5-11(6-2)9(12)8(10)7(3)4/h7-8H,5-6H2,1-4H3. The second-order valence-electron chi connectivity index (χ2n) is 3.16. The van der Waals surface area contributed by atoms with E-state index in [1.54, 1.807) is 4.90 Å². The Balaban J connectivity index is 4.16. The summed E-state index contributed by atoms with van der Waals surface area (Å²) >= 11 is 5.93. The van der Waals surface area contributed by atoms with Gasteiger partial charge in [-0.1, -0.05) is 13.8 Å². The molecule has 0 N–H and O–H groups in total. The molecule has 1 amide bonds. The van der Waals surface area contributed by atoms with E-state index in [2.05, 4.69) is 0 Å². The van der Waals surface area contributed by atoms with Crippen molar-refractivity contribution in [3.05, 3.63) is 0 Å². The topological polar surface area (TPSA) is 20.3 Å². The summed E-state index contributed by atoms with van der Waals surface area (Å²) in [5.41, 5.74) is 0. The summed E-state index contributed by atoms with van der Waals surface area (Å²) in [5.74, 6) is 0.261. The summed E-state index contributed by atoms with van der Waals surface area (Å²) in [5, 5.41) is -0.370. The number of hydrogen-bond acceptors (Lipinski definition) is 1. The number of amides is 1. The van der Waals surface area contributed by atoms with Crippen molar-refractivity contribution >= 4 is 17.5 Å². The van der Waals surface area contributed by atoms with Gasteiger partial charge in [-0.25, -0.2) is 0 Å². The third kappa shape index (κ3) is 3.02. The molecule has 0 heterocycles. The van der Waals surface area contributed by atoms with Gasteiger partial charge >= 0.3 is 0 Å². The average Bonchev–Trinajstić information content (AvgIpc) is 2.05. The van der Waals surface area contributed by atoms with Crippen molar-refractivity contribution in [1.29, 1.82) is 0 Å². The molecule has 0 aromatic rings. The number of rotatable bonds is 4. The molecule has 0 aromatic heterocycles. The Bertz CT molecular complexity index is 139. The monoisotopic (exact) mass is 191 g/mol. The first kappa shape index (κ1) is 11.8. The summed E-state index contributed by atoms with van der Waals surface area (Å²) in [7, 11) is 0. The molecule has 0 aliphatic heterocycles. The summed E-state index contributed by atoms with van der Waals surface area (Å²) in [4.78, 5) is 13.3. The van der Waals surface area contributed by atoms with Crippen LogP contribution in [0.1, 0.15) is 27.7 Å². The van der Waals surface area contributed by atoms with Crippen LogP contribution >= 0.6 is 11.6 Å². The van der Waals surface area contributed by atoms with Crippen molar-refractivity contribution in [2.24, 2.45) is 5.92 Å². The van der Waals surface area contributed by atoms with Gasteiger partial charge in [-0.15, -0.1) is 11.6 Å². The first-order valence-electron chi connectivity index (χ1n) is 4.47. The molecular formula is C9H18ClNO. The molecule has 0 aliphatic rings. The summed E-state index contributed by atoms with van der Waals surface area (Å²) in [6.07, 6.45) is 0. The molecule has 1 atom stereocenters. The highest BCUT2D eigenvalue weighted by Gasteiger charge is 2.22. The molecule has 0 rings (SSSR count). The van der Waals surface area contributed by atoms with Gasteiger partial charge in [-0.3, -0.25) is 4.79 Å². The zero-order valence-electron chi connectivity index (χ0n) is 8.30. The largest absolute Gasteiger partial charge is 0.342 e. The van der Waals surface area contributed by atoms with Gasteiger partial charge in [0.1, 0.15) is 5.38 Å². The molecule has 0 fully saturated rings. The zero-order valence-corrected chi connectivity index (χ0v) is 9.06. The first-order chi connectivity index (χ1) is 5.54. The fourth-order valence-electron chi connectivity index (χ4n) is 0.995. The Labute approximate surface area is 79.9 Å². The quantitative estimate of drug-likeness (QED) is 0.624. The normalized spacial score (nSPS) is 13.2. The molecule has 1 unspecified atom stereocenters. The van der Waals surface area contributed by atoms with Gasteiger partial charge in [-0.05, 0) is 19.8 Å². The van der Waals surface area contributed by atoms with Crippen LogP contribution in [0.15, 0.2) is 0 Å². The second-order valence-corrected chi connectivity index (χ2v) is 3.63. The van der Waals surface area contributed by atoms with Crippen LogP contribution in [0, 0.1) is 5.92 Å². The fourth-order valence-corrected chi connectivity index (χ4v) is 1.13. The van der Waals surface area contributed by atoms with Crippen LogP contribution in [-0.4, -0.2) is 29.3 Å². The van der Waals surface area contributed by atoms with Crippen LogP contribution in [0.2, 0.25) is 0 Å². The van der Waals surface area contributed by atoms with E-state index < -0.39 is 0 Å². The van der Waals surface area contributed by atoms with Crippen molar-refractivity contribution < 1.29 is 4.79 Å². The van der Waals surface area contributed by atoms with E-state index in [0.717, 1.165) is 13.1 Å². The van der Waals surface area contributed by atoms with Crippen LogP contribution in [-0.2, 0) is 4.79 Å². The molecule has 0 spiro atoms. The fraction of sp³-hybridized carbons (Fsp3) is 0.889. The van der Waals surface area contributed by atoms with Gasteiger partial charge in [-0.2, -0.15) is 0 Å². The summed E-state index contributed by atoms with van der Waals surface area (Å²) in [6, 6.07) is 0. The van der Waals surface area contributed by atoms with E-state index in [1.807, 2.05) is 27.7 Å². The third-order valence-electron chi connectivity index (χ3n) is 1.90. The van der Waals surface area contributed by atoms with Crippen molar-refractivity contribution in [1.82, 2.24) is 4.90 Å². The molecule has 2 nitrogen and oxygen atoms in total. The van der Waals surface area contributed by atoms with Gasteiger partial charge in [0.15, 0.2) is 0 Å². The maximum Gasteiger partial charge on any atom is 0.240 e. The number of nitrogens with zero attached hydrogens (tertiary/aromatic N) is 1. The Hall–Kier alpha value is -0.240. The molecule has 0 bridgehead atoms. The van der Waals surface area contributed by atoms with Gasteiger partial charge in [0.05, 0.1) is 0 Å². The summed E-state index contributed by atoms with van der Waals surface area (Å²) < 4.78 is 0. The Morgan fingerprint density at radius 2 is 1.75 bits per heavy atom. The van der Waals surface area contributed by atoms with E-state index in [4.69, 9.17) is 11.6 Å². The van der Waals surface area contributed by atoms with Crippen molar-refractivity contribution in [2.75, 3.05) is 13.1 Å². The number of carbonyl (C=O) groups excluding carboxylic acids is 1. The van der Waals surface area contributed by atoms with Crippen molar-refractivity contribution in [2.45, 2.75) is 33.1 Å². The molecule has 0 aliphatic carbocycles. The average molecular weight is 192 g/mol. The van der Waals surface area contributed by atoms with E-state index in [9.17, 15) is 4.79 Å². The maximum atomic E-state index is 11.5. The lowest BCUT2D eigenvalue weighted by Crippen LogP contribution is -2.38. The molecule has 0 aromatic carbocycles. The number of hydrogen-bond donors (Lipinski definition) is 0. The highest BCUT2D eigenvalue weighted by molar-refractivity contribution is 6.30. The smallest absolute Gasteiger partial charge is 0.240 e. The van der Waals surface area contributed by atoms with Gasteiger partial charge in [0.2, 0.25) is 5.91 Å². The van der Waals surface area contributed by atoms with Crippen LogP contribution in [0.3, 0.4) is 0 Å². The third-order valence-corrected chi connectivity index (χ3v) is 2.59. The molecule has 0 radical (unpaired) electrons. The lowest BCUT2D eigenvalue weighted by molar-refractivity contribution is -0.131. The van der Waals surface area contributed by atoms with E-state index in [1.165, 1.54) is 0 Å². The Morgan fingerprint density at radius 1 is 1.33 bits per heavy atom. The number of alkyl halides is 1. The van der Waals surface area contributed by atoms with E-state index >= 15 is 0 Å². The van der Waals surface area contributed by atoms with Crippen molar-refractivity contribution in [3.8, 4) is 0 Å². The number of halogens is 1. The van der Waals surface area contributed by atoms with E-state index in [0.29, 0.717) is 0 Å².